The Morgan fingerprint density at radius 2 is 2.00 bits per heavy atom. The Morgan fingerprint density at radius 3 is 2.73 bits per heavy atom. The molecule has 0 radical (unpaired) electrons. The maximum atomic E-state index is 13.6. The van der Waals surface area contributed by atoms with Crippen molar-refractivity contribution in [3.8, 4) is 5.75 Å². The van der Waals surface area contributed by atoms with Crippen LogP contribution in [-0.2, 0) is 4.79 Å². The van der Waals surface area contributed by atoms with Crippen molar-refractivity contribution in [1.29, 1.82) is 0 Å². The van der Waals surface area contributed by atoms with E-state index >= 15 is 0 Å². The summed E-state index contributed by atoms with van der Waals surface area (Å²) in [7, 11) is 0. The fourth-order valence-electron chi connectivity index (χ4n) is 2.06. The average Bonchev–Trinajstić information content (AvgIpc) is 3.00. The van der Waals surface area contributed by atoms with Crippen LogP contribution in [0.2, 0.25) is 0 Å². The number of ether oxygens (including phenoxy) is 1. The highest BCUT2D eigenvalue weighted by atomic mass is 32.1. The van der Waals surface area contributed by atoms with Crippen LogP contribution < -0.4 is 10.1 Å². The minimum Gasteiger partial charge on any atom is -0.477 e. The molecule has 0 unspecified atom stereocenters. The van der Waals surface area contributed by atoms with Gasteiger partial charge in [-0.3, -0.25) is 20.2 Å². The molecule has 7 nitrogen and oxygen atoms in total. The topological polar surface area (TPSA) is 94.4 Å². The summed E-state index contributed by atoms with van der Waals surface area (Å²) in [6, 6.07) is 6.25. The van der Waals surface area contributed by atoms with Crippen molar-refractivity contribution < 1.29 is 27.6 Å². The van der Waals surface area contributed by atoms with Gasteiger partial charge in [0.15, 0.2) is 34.9 Å². The first-order valence-electron chi connectivity index (χ1n) is 6.97. The first kappa shape index (κ1) is 17.6. The highest BCUT2D eigenvalue weighted by Crippen LogP contribution is 2.30. The molecule has 0 saturated carbocycles. The molecule has 3 aromatic rings. The molecule has 2 aromatic carbocycles. The van der Waals surface area contributed by atoms with Crippen LogP contribution in [0.5, 0.6) is 5.75 Å². The molecular weight excluding hydrogens is 375 g/mol. The van der Waals surface area contributed by atoms with Gasteiger partial charge in [-0.25, -0.2) is 18.2 Å². The van der Waals surface area contributed by atoms with E-state index in [4.69, 9.17) is 4.74 Å². The Morgan fingerprint density at radius 1 is 1.27 bits per heavy atom. The third-order valence-corrected chi connectivity index (χ3v) is 4.11. The number of nitrogens with one attached hydrogen (secondary N) is 1. The van der Waals surface area contributed by atoms with Crippen molar-refractivity contribution >= 4 is 38.3 Å². The zero-order valence-corrected chi connectivity index (χ0v) is 13.5. The third kappa shape index (κ3) is 3.42. The monoisotopic (exact) mass is 383 g/mol. The number of amides is 1. The molecule has 0 aliphatic heterocycles. The van der Waals surface area contributed by atoms with Crippen molar-refractivity contribution in [2.24, 2.45) is 0 Å². The van der Waals surface area contributed by atoms with Crippen molar-refractivity contribution in [2.75, 3.05) is 11.9 Å². The molecule has 134 valence electrons. The van der Waals surface area contributed by atoms with Crippen molar-refractivity contribution in [2.45, 2.75) is 0 Å². The molecule has 0 aliphatic rings. The zero-order valence-electron chi connectivity index (χ0n) is 12.7. The lowest BCUT2D eigenvalue weighted by Crippen LogP contribution is -2.20. The normalized spacial score (nSPS) is 10.7. The lowest BCUT2D eigenvalue weighted by Gasteiger charge is -2.05. The number of rotatable bonds is 5. The number of nitro benzene ring substituents is 1. The largest absolute Gasteiger partial charge is 0.477 e. The van der Waals surface area contributed by atoms with E-state index in [0.29, 0.717) is 0 Å². The molecule has 1 N–H and O–H groups in total. The first-order chi connectivity index (χ1) is 12.4. The van der Waals surface area contributed by atoms with Gasteiger partial charge >= 0.3 is 5.69 Å². The molecule has 11 heteroatoms. The Kier molecular flexibility index (Phi) is 4.71. The van der Waals surface area contributed by atoms with Crippen LogP contribution in [-0.4, -0.2) is 22.4 Å². The number of halogens is 3. The van der Waals surface area contributed by atoms with Crippen molar-refractivity contribution in [3.05, 3.63) is 57.9 Å². The SMILES string of the molecule is O=C(COc1ccccc1[N+](=O)[O-])Nc1nc2c(F)c(F)c(F)cc2s1. The number of anilines is 1. The standard InChI is InChI=1S/C15H8F3N3O4S/c16-7-5-10-14(13(18)12(7)17)20-15(26-10)19-11(22)6-25-9-4-2-1-3-8(9)21(23)24/h1-5H,6H2,(H,19,20,22). The summed E-state index contributed by atoms with van der Waals surface area (Å²) < 4.78 is 45.1. The predicted octanol–water partition coefficient (Wildman–Crippen LogP) is 3.64. The summed E-state index contributed by atoms with van der Waals surface area (Å²) in [6.07, 6.45) is 0. The summed E-state index contributed by atoms with van der Waals surface area (Å²) in [5.74, 6) is -5.31. The maximum Gasteiger partial charge on any atom is 0.310 e. The highest BCUT2D eigenvalue weighted by Gasteiger charge is 2.19. The predicted molar refractivity (Wildman–Crippen MR) is 86.7 cm³/mol. The second-order valence-corrected chi connectivity index (χ2v) is 5.94. The summed E-state index contributed by atoms with van der Waals surface area (Å²) in [5, 5.41) is 13.0. The van der Waals surface area contributed by atoms with E-state index in [9.17, 15) is 28.1 Å². The van der Waals surface area contributed by atoms with Crippen LogP contribution in [0.3, 0.4) is 0 Å². The van der Waals surface area contributed by atoms with E-state index in [2.05, 4.69) is 10.3 Å². The van der Waals surface area contributed by atoms with Gasteiger partial charge in [0.05, 0.1) is 9.62 Å². The summed E-state index contributed by atoms with van der Waals surface area (Å²) in [6.45, 7) is -0.577. The van der Waals surface area contributed by atoms with E-state index < -0.39 is 40.4 Å². The Balaban J connectivity index is 1.72. The molecule has 3 rings (SSSR count). The van der Waals surface area contributed by atoms with E-state index in [1.54, 1.807) is 0 Å². The Labute approximate surface area is 147 Å². The number of nitrogens with zero attached hydrogens (tertiary/aromatic N) is 2. The number of fused-ring (bicyclic) bond motifs is 1. The van der Waals surface area contributed by atoms with E-state index in [0.717, 1.165) is 17.4 Å². The Hall–Kier alpha value is -3.21. The highest BCUT2D eigenvalue weighted by molar-refractivity contribution is 7.22. The summed E-state index contributed by atoms with van der Waals surface area (Å²) in [5.41, 5.74) is -0.725. The number of benzene rings is 2. The molecule has 26 heavy (non-hydrogen) atoms. The lowest BCUT2D eigenvalue weighted by atomic mass is 10.3. The number of carbonyl (C=O) groups is 1. The van der Waals surface area contributed by atoms with Crippen LogP contribution in [0, 0.1) is 27.6 Å². The number of thiazole rings is 1. The second kappa shape index (κ2) is 6.96. The molecule has 1 amide bonds. The molecule has 0 bridgehead atoms. The number of nitro groups is 1. The van der Waals surface area contributed by atoms with E-state index in [1.807, 2.05) is 0 Å². The maximum absolute atomic E-state index is 13.6. The van der Waals surface area contributed by atoms with E-state index in [-0.39, 0.29) is 21.3 Å². The van der Waals surface area contributed by atoms with Crippen LogP contribution >= 0.6 is 11.3 Å². The molecule has 1 heterocycles. The van der Waals surface area contributed by atoms with Gasteiger partial charge in [0.1, 0.15) is 5.52 Å². The molecule has 0 atom stereocenters. The van der Waals surface area contributed by atoms with Crippen LogP contribution in [0.4, 0.5) is 24.0 Å². The zero-order chi connectivity index (χ0) is 18.8. The first-order valence-corrected chi connectivity index (χ1v) is 7.78. The number of aromatic nitrogens is 1. The summed E-state index contributed by atoms with van der Waals surface area (Å²) >= 11 is 0.739. The van der Waals surface area contributed by atoms with Gasteiger partial charge in [-0.1, -0.05) is 23.5 Å². The van der Waals surface area contributed by atoms with Gasteiger partial charge in [0.2, 0.25) is 0 Å². The Bertz CT molecular complexity index is 1020. The number of para-hydroxylation sites is 2. The van der Waals surface area contributed by atoms with Gasteiger partial charge in [0, 0.05) is 6.07 Å². The molecule has 0 aliphatic carbocycles. The number of hydrogen-bond acceptors (Lipinski definition) is 6. The van der Waals surface area contributed by atoms with Gasteiger partial charge in [-0.2, -0.15) is 0 Å². The third-order valence-electron chi connectivity index (χ3n) is 3.19. The number of hydrogen-bond donors (Lipinski definition) is 1. The summed E-state index contributed by atoms with van der Waals surface area (Å²) in [4.78, 5) is 25.8. The minimum atomic E-state index is -1.65. The quantitative estimate of drug-likeness (QED) is 0.412. The molecular formula is C15H8F3N3O4S. The van der Waals surface area contributed by atoms with E-state index in [1.165, 1.54) is 24.3 Å². The fourth-order valence-corrected chi connectivity index (χ4v) is 2.96. The molecule has 0 fully saturated rings. The van der Waals surface area contributed by atoms with Crippen molar-refractivity contribution in [3.63, 3.8) is 0 Å². The number of carbonyl (C=O) groups excluding carboxylic acids is 1. The fraction of sp³-hybridized carbons (Fsp3) is 0.0667. The minimum absolute atomic E-state index is 0.0105. The average molecular weight is 383 g/mol. The lowest BCUT2D eigenvalue weighted by molar-refractivity contribution is -0.385. The van der Waals surface area contributed by atoms with Gasteiger partial charge in [-0.05, 0) is 12.1 Å². The molecule has 0 saturated heterocycles. The van der Waals surface area contributed by atoms with Crippen LogP contribution in [0.15, 0.2) is 30.3 Å². The van der Waals surface area contributed by atoms with Gasteiger partial charge in [-0.15, -0.1) is 0 Å². The van der Waals surface area contributed by atoms with Gasteiger partial charge in [0.25, 0.3) is 5.91 Å². The molecule has 0 spiro atoms. The van der Waals surface area contributed by atoms with Gasteiger partial charge < -0.3 is 4.74 Å². The van der Waals surface area contributed by atoms with Crippen LogP contribution in [0.25, 0.3) is 10.2 Å². The molecule has 1 aromatic heterocycles. The smallest absolute Gasteiger partial charge is 0.310 e. The second-order valence-electron chi connectivity index (χ2n) is 4.91. The van der Waals surface area contributed by atoms with Crippen LogP contribution in [0.1, 0.15) is 0 Å². The van der Waals surface area contributed by atoms with Crippen molar-refractivity contribution in [1.82, 2.24) is 4.98 Å².